The second kappa shape index (κ2) is 4.48. The van der Waals surface area contributed by atoms with Gasteiger partial charge in [-0.05, 0) is 28.1 Å². The van der Waals surface area contributed by atoms with Crippen LogP contribution in [0.5, 0.6) is 0 Å². The first-order chi connectivity index (χ1) is 8.66. The smallest absolute Gasteiger partial charge is 0.112 e. The van der Waals surface area contributed by atoms with Crippen molar-refractivity contribution in [3.8, 4) is 0 Å². The van der Waals surface area contributed by atoms with E-state index in [2.05, 4.69) is 38.1 Å². The molecule has 18 heavy (non-hydrogen) atoms. The minimum atomic E-state index is 0.241. The summed E-state index contributed by atoms with van der Waals surface area (Å²) < 4.78 is 6.20. The van der Waals surface area contributed by atoms with Crippen LogP contribution in [0, 0.1) is 5.41 Å². The Morgan fingerprint density at radius 1 is 1.44 bits per heavy atom. The summed E-state index contributed by atoms with van der Waals surface area (Å²) in [7, 11) is 0. The molecule has 0 bridgehead atoms. The van der Waals surface area contributed by atoms with Gasteiger partial charge in [0.2, 0.25) is 0 Å². The number of nitrogens with zero attached hydrogens (tertiary/aromatic N) is 2. The van der Waals surface area contributed by atoms with E-state index in [1.165, 1.54) is 0 Å². The Morgan fingerprint density at radius 3 is 3.00 bits per heavy atom. The second-order valence-corrected chi connectivity index (χ2v) is 5.95. The molecule has 0 radical (unpaired) electrons. The molecule has 3 heterocycles. The monoisotopic (exact) mass is 307 g/mol. The SMILES string of the molecule is CC1(CNc2ccnc3cc(Br)cnc23)COC1. The van der Waals surface area contributed by atoms with Gasteiger partial charge < -0.3 is 10.1 Å². The summed E-state index contributed by atoms with van der Waals surface area (Å²) in [6.07, 6.45) is 3.60. The Morgan fingerprint density at radius 2 is 2.28 bits per heavy atom. The molecular weight excluding hydrogens is 294 g/mol. The number of fused-ring (bicyclic) bond motifs is 1. The van der Waals surface area contributed by atoms with Crippen molar-refractivity contribution in [3.63, 3.8) is 0 Å². The summed E-state index contributed by atoms with van der Waals surface area (Å²) in [6, 6.07) is 3.94. The minimum absolute atomic E-state index is 0.241. The quantitative estimate of drug-likeness (QED) is 0.947. The van der Waals surface area contributed by atoms with Gasteiger partial charge in [0.05, 0.1) is 24.4 Å². The van der Waals surface area contributed by atoms with E-state index in [1.54, 1.807) is 12.4 Å². The lowest BCUT2D eigenvalue weighted by atomic mass is 9.88. The Bertz CT molecular complexity index is 583. The fourth-order valence-corrected chi connectivity index (χ4v) is 2.33. The topological polar surface area (TPSA) is 47.0 Å². The number of hydrogen-bond acceptors (Lipinski definition) is 4. The Balaban J connectivity index is 1.87. The first kappa shape index (κ1) is 11.9. The molecule has 94 valence electrons. The van der Waals surface area contributed by atoms with Gasteiger partial charge in [0, 0.05) is 28.8 Å². The van der Waals surface area contributed by atoms with Crippen molar-refractivity contribution in [1.82, 2.24) is 9.97 Å². The van der Waals surface area contributed by atoms with Crippen LogP contribution in [0.4, 0.5) is 5.69 Å². The number of nitrogens with one attached hydrogen (secondary N) is 1. The largest absolute Gasteiger partial charge is 0.382 e. The van der Waals surface area contributed by atoms with Crippen LogP contribution in [0.25, 0.3) is 11.0 Å². The van der Waals surface area contributed by atoms with Gasteiger partial charge in [-0.15, -0.1) is 0 Å². The van der Waals surface area contributed by atoms with Crippen LogP contribution in [0.15, 0.2) is 29.0 Å². The fraction of sp³-hybridized carbons (Fsp3) is 0.385. The van der Waals surface area contributed by atoms with Crippen molar-refractivity contribution in [2.75, 3.05) is 25.1 Å². The molecule has 3 rings (SSSR count). The highest BCUT2D eigenvalue weighted by Gasteiger charge is 2.33. The van der Waals surface area contributed by atoms with Crippen molar-refractivity contribution < 1.29 is 4.74 Å². The van der Waals surface area contributed by atoms with Crippen LogP contribution in [0.3, 0.4) is 0 Å². The van der Waals surface area contributed by atoms with E-state index in [4.69, 9.17) is 4.74 Å². The number of ether oxygens (including phenoxy) is 1. The molecule has 0 aromatic carbocycles. The first-order valence-electron chi connectivity index (χ1n) is 5.88. The van der Waals surface area contributed by atoms with Crippen LogP contribution in [-0.2, 0) is 4.74 Å². The van der Waals surface area contributed by atoms with Crippen molar-refractivity contribution >= 4 is 32.7 Å². The van der Waals surface area contributed by atoms with Gasteiger partial charge in [0.25, 0.3) is 0 Å². The predicted octanol–water partition coefficient (Wildman–Crippen LogP) is 2.84. The van der Waals surface area contributed by atoms with Gasteiger partial charge in [0.15, 0.2) is 0 Å². The summed E-state index contributed by atoms with van der Waals surface area (Å²) in [5, 5.41) is 3.45. The molecule has 0 aliphatic carbocycles. The minimum Gasteiger partial charge on any atom is -0.382 e. The molecule has 1 N–H and O–H groups in total. The van der Waals surface area contributed by atoms with Crippen LogP contribution in [0.1, 0.15) is 6.92 Å². The van der Waals surface area contributed by atoms with Crippen LogP contribution >= 0.6 is 15.9 Å². The zero-order chi connectivity index (χ0) is 12.6. The van der Waals surface area contributed by atoms with Gasteiger partial charge in [0.1, 0.15) is 5.52 Å². The predicted molar refractivity (Wildman–Crippen MR) is 74.7 cm³/mol. The number of halogens is 1. The summed E-state index contributed by atoms with van der Waals surface area (Å²) in [6.45, 7) is 4.75. The maximum atomic E-state index is 5.26. The lowest BCUT2D eigenvalue weighted by molar-refractivity contribution is -0.0924. The molecule has 4 nitrogen and oxygen atoms in total. The lowest BCUT2D eigenvalue weighted by Gasteiger charge is -2.38. The zero-order valence-electron chi connectivity index (χ0n) is 10.1. The third-order valence-electron chi connectivity index (χ3n) is 3.15. The van der Waals surface area contributed by atoms with Crippen molar-refractivity contribution in [3.05, 3.63) is 29.0 Å². The van der Waals surface area contributed by atoms with E-state index >= 15 is 0 Å². The third kappa shape index (κ3) is 2.20. The molecule has 2 aromatic rings. The number of hydrogen-bond donors (Lipinski definition) is 1. The highest BCUT2D eigenvalue weighted by molar-refractivity contribution is 9.10. The van der Waals surface area contributed by atoms with Crippen LogP contribution in [-0.4, -0.2) is 29.7 Å². The Kier molecular flexibility index (Phi) is 2.95. The van der Waals surface area contributed by atoms with Crippen LogP contribution in [0.2, 0.25) is 0 Å². The molecule has 2 aromatic heterocycles. The Labute approximate surface area is 114 Å². The van der Waals surface area contributed by atoms with E-state index < -0.39 is 0 Å². The molecule has 1 aliphatic rings. The van der Waals surface area contributed by atoms with E-state index in [9.17, 15) is 0 Å². The normalized spacial score (nSPS) is 17.4. The molecule has 0 saturated carbocycles. The summed E-state index contributed by atoms with van der Waals surface area (Å²) in [4.78, 5) is 8.75. The number of anilines is 1. The van der Waals surface area contributed by atoms with Crippen molar-refractivity contribution in [2.24, 2.45) is 5.41 Å². The molecule has 5 heteroatoms. The van der Waals surface area contributed by atoms with Crippen LogP contribution < -0.4 is 5.32 Å². The van der Waals surface area contributed by atoms with Crippen molar-refractivity contribution in [1.29, 1.82) is 0 Å². The number of rotatable bonds is 3. The van der Waals surface area contributed by atoms with Gasteiger partial charge >= 0.3 is 0 Å². The summed E-state index contributed by atoms with van der Waals surface area (Å²) in [5.41, 5.74) is 3.07. The molecule has 1 saturated heterocycles. The molecular formula is C13H14BrN3O. The van der Waals surface area contributed by atoms with Crippen molar-refractivity contribution in [2.45, 2.75) is 6.92 Å². The van der Waals surface area contributed by atoms with Gasteiger partial charge in [-0.3, -0.25) is 9.97 Å². The van der Waals surface area contributed by atoms with E-state index in [0.29, 0.717) is 0 Å². The maximum Gasteiger partial charge on any atom is 0.112 e. The number of aromatic nitrogens is 2. The average Bonchev–Trinajstić information content (AvgIpc) is 2.33. The molecule has 1 fully saturated rings. The molecule has 0 unspecified atom stereocenters. The molecule has 0 amide bonds. The number of pyridine rings is 2. The maximum absolute atomic E-state index is 5.26. The van der Waals surface area contributed by atoms with E-state index in [1.807, 2.05) is 12.1 Å². The summed E-state index contributed by atoms with van der Waals surface area (Å²) >= 11 is 3.41. The first-order valence-corrected chi connectivity index (χ1v) is 6.68. The molecule has 0 spiro atoms. The zero-order valence-corrected chi connectivity index (χ0v) is 11.7. The lowest BCUT2D eigenvalue weighted by Crippen LogP contribution is -2.45. The van der Waals surface area contributed by atoms with E-state index in [0.717, 1.165) is 41.0 Å². The standard InChI is InChI=1S/C13H14BrN3O/c1-13(7-18-8-13)6-17-10-2-3-15-11-4-9(14)5-16-12(10)11/h2-5H,6-8H2,1H3,(H,15,17). The van der Waals surface area contributed by atoms with Gasteiger partial charge in [-0.2, -0.15) is 0 Å². The summed E-state index contributed by atoms with van der Waals surface area (Å²) in [5.74, 6) is 0. The highest BCUT2D eigenvalue weighted by atomic mass is 79.9. The average molecular weight is 308 g/mol. The third-order valence-corrected chi connectivity index (χ3v) is 3.58. The second-order valence-electron chi connectivity index (χ2n) is 5.04. The molecule has 1 aliphatic heterocycles. The molecule has 0 atom stereocenters. The van der Waals surface area contributed by atoms with E-state index in [-0.39, 0.29) is 5.41 Å². The Hall–Kier alpha value is -1.20. The fourth-order valence-electron chi connectivity index (χ4n) is 2.01. The van der Waals surface area contributed by atoms with Gasteiger partial charge in [-0.25, -0.2) is 0 Å². The highest BCUT2D eigenvalue weighted by Crippen LogP contribution is 2.28. The van der Waals surface area contributed by atoms with Gasteiger partial charge in [-0.1, -0.05) is 6.92 Å².